The molecule has 0 heterocycles. The maximum Gasteiger partial charge on any atom is 0.0991 e. The lowest BCUT2D eigenvalue weighted by molar-refractivity contribution is 0.328. The molecule has 0 bridgehead atoms. The van der Waals surface area contributed by atoms with E-state index in [0.29, 0.717) is 5.56 Å². The Kier molecular flexibility index (Phi) is 6.07. The Balaban J connectivity index is 1.59. The highest BCUT2D eigenvalue weighted by molar-refractivity contribution is 5.64. The summed E-state index contributed by atoms with van der Waals surface area (Å²) in [6.07, 6.45) is 12.4. The van der Waals surface area contributed by atoms with Crippen LogP contribution >= 0.6 is 0 Å². The molecule has 1 heteroatoms. The zero-order valence-electron chi connectivity index (χ0n) is 15.1. The Labute approximate surface area is 152 Å². The molecular formula is C24H27N. The summed E-state index contributed by atoms with van der Waals surface area (Å²) in [6, 6.07) is 19.1. The van der Waals surface area contributed by atoms with Gasteiger partial charge in [0.1, 0.15) is 0 Å². The Morgan fingerprint density at radius 1 is 0.880 bits per heavy atom. The SMILES string of the molecule is CC/C=C\C[C@H]1CC[C@H](c2ccc(-c3ccc(C#N)cc3)cc2)CC1. The lowest BCUT2D eigenvalue weighted by Crippen LogP contribution is -2.12. The Morgan fingerprint density at radius 2 is 1.48 bits per heavy atom. The fourth-order valence-electron chi connectivity index (χ4n) is 3.87. The van der Waals surface area contributed by atoms with Crippen molar-refractivity contribution in [2.45, 2.75) is 51.4 Å². The minimum absolute atomic E-state index is 0.714. The van der Waals surface area contributed by atoms with E-state index < -0.39 is 0 Å². The highest BCUT2D eigenvalue weighted by Gasteiger charge is 2.21. The number of hydrogen-bond donors (Lipinski definition) is 0. The smallest absolute Gasteiger partial charge is 0.0991 e. The second-order valence-corrected chi connectivity index (χ2v) is 7.14. The van der Waals surface area contributed by atoms with E-state index in [1.54, 1.807) is 0 Å². The van der Waals surface area contributed by atoms with Crippen LogP contribution in [0.3, 0.4) is 0 Å². The van der Waals surface area contributed by atoms with Crippen LogP contribution in [0.25, 0.3) is 11.1 Å². The van der Waals surface area contributed by atoms with E-state index in [9.17, 15) is 0 Å². The first-order valence-corrected chi connectivity index (χ1v) is 9.55. The van der Waals surface area contributed by atoms with Gasteiger partial charge in [0, 0.05) is 0 Å². The number of nitriles is 1. The highest BCUT2D eigenvalue weighted by Crippen LogP contribution is 2.37. The van der Waals surface area contributed by atoms with E-state index in [1.165, 1.54) is 48.8 Å². The van der Waals surface area contributed by atoms with Crippen molar-refractivity contribution in [1.82, 2.24) is 0 Å². The fraction of sp³-hybridized carbons (Fsp3) is 0.375. The lowest BCUT2D eigenvalue weighted by atomic mass is 9.77. The minimum Gasteiger partial charge on any atom is -0.192 e. The summed E-state index contributed by atoms with van der Waals surface area (Å²) in [6.45, 7) is 2.20. The molecule has 3 rings (SSSR count). The number of nitrogens with zero attached hydrogens (tertiary/aromatic N) is 1. The second-order valence-electron chi connectivity index (χ2n) is 7.14. The molecule has 128 valence electrons. The van der Waals surface area contributed by atoms with Gasteiger partial charge in [-0.15, -0.1) is 0 Å². The molecule has 1 saturated carbocycles. The van der Waals surface area contributed by atoms with Crippen molar-refractivity contribution in [2.24, 2.45) is 5.92 Å². The first-order valence-electron chi connectivity index (χ1n) is 9.55. The second kappa shape index (κ2) is 8.67. The molecule has 0 saturated heterocycles. The van der Waals surface area contributed by atoms with E-state index >= 15 is 0 Å². The standard InChI is InChI=1S/C24H27N/c1-2-3-4-5-19-6-10-21(11-7-19)23-14-16-24(17-15-23)22-12-8-20(18-25)9-13-22/h3-4,8-9,12-17,19,21H,2,5-7,10-11H2,1H3/b4-3-/t19-,21-. The molecule has 2 aromatic carbocycles. The van der Waals surface area contributed by atoms with Gasteiger partial charge in [-0.3, -0.25) is 0 Å². The molecule has 1 aliphatic rings. The van der Waals surface area contributed by atoms with Gasteiger partial charge in [-0.05, 0) is 79.2 Å². The molecule has 0 aliphatic heterocycles. The number of benzene rings is 2. The van der Waals surface area contributed by atoms with Crippen LogP contribution in [0.15, 0.2) is 60.7 Å². The van der Waals surface area contributed by atoms with Gasteiger partial charge >= 0.3 is 0 Å². The minimum atomic E-state index is 0.714. The van der Waals surface area contributed by atoms with Crippen molar-refractivity contribution < 1.29 is 0 Å². The first-order chi connectivity index (χ1) is 12.3. The maximum absolute atomic E-state index is 8.90. The third-order valence-corrected chi connectivity index (χ3v) is 5.45. The summed E-state index contributed by atoms with van der Waals surface area (Å²) in [7, 11) is 0. The zero-order valence-corrected chi connectivity index (χ0v) is 15.1. The highest BCUT2D eigenvalue weighted by atomic mass is 14.3. The van der Waals surface area contributed by atoms with Crippen LogP contribution < -0.4 is 0 Å². The summed E-state index contributed by atoms with van der Waals surface area (Å²) in [5.74, 6) is 1.61. The summed E-state index contributed by atoms with van der Waals surface area (Å²) in [4.78, 5) is 0. The quantitative estimate of drug-likeness (QED) is 0.550. The fourth-order valence-corrected chi connectivity index (χ4v) is 3.87. The molecule has 0 atom stereocenters. The molecule has 0 spiro atoms. The van der Waals surface area contributed by atoms with E-state index in [2.05, 4.69) is 49.4 Å². The Hall–Kier alpha value is -2.33. The van der Waals surface area contributed by atoms with Crippen molar-refractivity contribution in [3.8, 4) is 17.2 Å². The van der Waals surface area contributed by atoms with Crippen LogP contribution in [-0.4, -0.2) is 0 Å². The normalized spacial score (nSPS) is 20.5. The van der Waals surface area contributed by atoms with Gasteiger partial charge in [-0.1, -0.05) is 55.5 Å². The van der Waals surface area contributed by atoms with Gasteiger partial charge < -0.3 is 0 Å². The van der Waals surface area contributed by atoms with Crippen LogP contribution in [0, 0.1) is 17.2 Å². The Morgan fingerprint density at radius 3 is 2.04 bits per heavy atom. The van der Waals surface area contributed by atoms with Gasteiger partial charge in [-0.2, -0.15) is 5.26 Å². The van der Waals surface area contributed by atoms with Gasteiger partial charge in [-0.25, -0.2) is 0 Å². The third-order valence-electron chi connectivity index (χ3n) is 5.45. The van der Waals surface area contributed by atoms with Gasteiger partial charge in [0.05, 0.1) is 11.6 Å². The van der Waals surface area contributed by atoms with E-state index in [1.807, 2.05) is 24.3 Å². The van der Waals surface area contributed by atoms with Crippen molar-refractivity contribution in [1.29, 1.82) is 5.26 Å². The molecule has 1 fully saturated rings. The molecule has 25 heavy (non-hydrogen) atoms. The van der Waals surface area contributed by atoms with Crippen LogP contribution in [0.5, 0.6) is 0 Å². The van der Waals surface area contributed by atoms with Crippen molar-refractivity contribution in [3.63, 3.8) is 0 Å². The molecule has 2 aromatic rings. The molecule has 0 unspecified atom stereocenters. The molecule has 0 aromatic heterocycles. The molecule has 1 aliphatic carbocycles. The summed E-state index contributed by atoms with van der Waals surface area (Å²) < 4.78 is 0. The Bertz CT molecular complexity index is 723. The van der Waals surface area contributed by atoms with Gasteiger partial charge in [0.25, 0.3) is 0 Å². The molecule has 0 amide bonds. The maximum atomic E-state index is 8.90. The number of rotatable bonds is 5. The van der Waals surface area contributed by atoms with Crippen molar-refractivity contribution in [2.75, 3.05) is 0 Å². The molecule has 1 nitrogen and oxygen atoms in total. The summed E-state index contributed by atoms with van der Waals surface area (Å²) in [5.41, 5.74) is 4.61. The monoisotopic (exact) mass is 329 g/mol. The predicted molar refractivity (Wildman–Crippen MR) is 105 cm³/mol. The topological polar surface area (TPSA) is 23.8 Å². The molecule has 0 radical (unpaired) electrons. The van der Waals surface area contributed by atoms with Crippen LogP contribution in [0.4, 0.5) is 0 Å². The van der Waals surface area contributed by atoms with E-state index in [-0.39, 0.29) is 0 Å². The first kappa shape index (κ1) is 17.5. The summed E-state index contributed by atoms with van der Waals surface area (Å²) in [5, 5.41) is 8.90. The number of allylic oxidation sites excluding steroid dienone is 2. The van der Waals surface area contributed by atoms with E-state index in [4.69, 9.17) is 5.26 Å². The van der Waals surface area contributed by atoms with Crippen molar-refractivity contribution >= 4 is 0 Å². The molecular weight excluding hydrogens is 302 g/mol. The largest absolute Gasteiger partial charge is 0.192 e. The lowest BCUT2D eigenvalue weighted by Gasteiger charge is -2.28. The summed E-state index contributed by atoms with van der Waals surface area (Å²) >= 11 is 0. The van der Waals surface area contributed by atoms with Gasteiger partial charge in [0.15, 0.2) is 0 Å². The van der Waals surface area contributed by atoms with Crippen LogP contribution in [0.1, 0.15) is 62.5 Å². The number of hydrogen-bond acceptors (Lipinski definition) is 1. The molecule has 0 N–H and O–H groups in total. The van der Waals surface area contributed by atoms with E-state index in [0.717, 1.165) is 18.3 Å². The third kappa shape index (κ3) is 4.60. The zero-order chi connectivity index (χ0) is 17.5. The van der Waals surface area contributed by atoms with Gasteiger partial charge in [0.2, 0.25) is 0 Å². The predicted octanol–water partition coefficient (Wildman–Crippen LogP) is 6.86. The average Bonchev–Trinajstić information content (AvgIpc) is 2.69. The van der Waals surface area contributed by atoms with Crippen molar-refractivity contribution in [3.05, 3.63) is 71.8 Å². The average molecular weight is 329 g/mol. The van der Waals surface area contributed by atoms with Crippen LogP contribution in [-0.2, 0) is 0 Å². The van der Waals surface area contributed by atoms with Crippen LogP contribution in [0.2, 0.25) is 0 Å².